The van der Waals surface area contributed by atoms with Gasteiger partial charge in [0.1, 0.15) is 5.69 Å². The topological polar surface area (TPSA) is 85.0 Å². The Morgan fingerprint density at radius 1 is 1.03 bits per heavy atom. The van der Waals surface area contributed by atoms with E-state index in [2.05, 4.69) is 15.5 Å². The first kappa shape index (κ1) is 19.9. The minimum Gasteiger partial charge on any atom is -0.337 e. The van der Waals surface area contributed by atoms with Crippen LogP contribution in [0.5, 0.6) is 0 Å². The van der Waals surface area contributed by atoms with Crippen LogP contribution >= 0.6 is 0 Å². The molecule has 0 unspecified atom stereocenters. The van der Waals surface area contributed by atoms with Gasteiger partial charge in [0, 0.05) is 20.1 Å². The molecular formula is C22H26N6O2. The van der Waals surface area contributed by atoms with Crippen molar-refractivity contribution in [3.63, 3.8) is 0 Å². The molecule has 1 aromatic carbocycles. The summed E-state index contributed by atoms with van der Waals surface area (Å²) in [7, 11) is 1.72. The normalized spacial score (nSPS) is 14.0. The van der Waals surface area contributed by atoms with E-state index in [-0.39, 0.29) is 11.8 Å². The molecule has 0 bridgehead atoms. The fourth-order valence-electron chi connectivity index (χ4n) is 4.01. The summed E-state index contributed by atoms with van der Waals surface area (Å²) in [6.45, 7) is 5.15. The minimum absolute atomic E-state index is 0.0987. The molecule has 0 aliphatic carbocycles. The lowest BCUT2D eigenvalue weighted by molar-refractivity contribution is 0.0714. The molecule has 8 heteroatoms. The molecule has 156 valence electrons. The summed E-state index contributed by atoms with van der Waals surface area (Å²) in [5, 5.41) is 11.6. The molecule has 1 aliphatic rings. The van der Waals surface area contributed by atoms with Crippen LogP contribution in [-0.2, 0) is 7.05 Å². The third-order valence-corrected chi connectivity index (χ3v) is 5.55. The molecule has 1 N–H and O–H groups in total. The van der Waals surface area contributed by atoms with Gasteiger partial charge in [-0.2, -0.15) is 10.2 Å². The summed E-state index contributed by atoms with van der Waals surface area (Å²) >= 11 is 0. The molecule has 4 rings (SSSR count). The number of anilines is 1. The second kappa shape index (κ2) is 8.14. The first-order valence-corrected chi connectivity index (χ1v) is 10.2. The number of nitrogens with one attached hydrogen (secondary N) is 1. The number of rotatable bonds is 4. The standard InChI is InChI=1S/C22H26N6O2/c1-15-19(16(2)28(25-15)17-10-6-4-7-11-17)21(29)24-18-14-23-26(3)20(18)22(30)27-12-8-5-9-13-27/h4,6-7,10-11,14H,5,8-9,12-13H2,1-3H3,(H,24,29). The van der Waals surface area contributed by atoms with Gasteiger partial charge < -0.3 is 10.2 Å². The van der Waals surface area contributed by atoms with E-state index in [0.29, 0.717) is 22.6 Å². The van der Waals surface area contributed by atoms with Gasteiger partial charge in [0.05, 0.1) is 34.5 Å². The summed E-state index contributed by atoms with van der Waals surface area (Å²) in [5.74, 6) is -0.397. The lowest BCUT2D eigenvalue weighted by atomic mass is 10.1. The molecule has 3 aromatic rings. The van der Waals surface area contributed by atoms with Crippen LogP contribution in [0.2, 0.25) is 0 Å². The molecule has 3 heterocycles. The molecule has 2 aromatic heterocycles. The van der Waals surface area contributed by atoms with Crippen molar-refractivity contribution in [1.82, 2.24) is 24.5 Å². The van der Waals surface area contributed by atoms with Gasteiger partial charge in [-0.1, -0.05) is 18.2 Å². The molecular weight excluding hydrogens is 380 g/mol. The van der Waals surface area contributed by atoms with Crippen LogP contribution in [0.1, 0.15) is 51.5 Å². The van der Waals surface area contributed by atoms with Crippen LogP contribution in [-0.4, -0.2) is 49.4 Å². The van der Waals surface area contributed by atoms with Crippen LogP contribution in [0.25, 0.3) is 5.69 Å². The molecule has 0 saturated carbocycles. The second-order valence-electron chi connectivity index (χ2n) is 7.63. The van der Waals surface area contributed by atoms with E-state index in [1.165, 1.54) is 10.9 Å². The zero-order chi connectivity index (χ0) is 21.3. The molecule has 30 heavy (non-hydrogen) atoms. The number of hydrogen-bond donors (Lipinski definition) is 1. The van der Waals surface area contributed by atoms with Crippen molar-refractivity contribution in [1.29, 1.82) is 0 Å². The average Bonchev–Trinajstić information content (AvgIpc) is 3.27. The number of carbonyl (C=O) groups is 2. The maximum Gasteiger partial charge on any atom is 0.274 e. The highest BCUT2D eigenvalue weighted by atomic mass is 16.2. The fourth-order valence-corrected chi connectivity index (χ4v) is 4.01. The highest BCUT2D eigenvalue weighted by Gasteiger charge is 2.27. The molecule has 1 aliphatic heterocycles. The van der Waals surface area contributed by atoms with Gasteiger partial charge in [0.15, 0.2) is 0 Å². The lowest BCUT2D eigenvalue weighted by Crippen LogP contribution is -2.37. The number of piperidine rings is 1. The second-order valence-corrected chi connectivity index (χ2v) is 7.63. The van der Waals surface area contributed by atoms with E-state index in [1.807, 2.05) is 49.1 Å². The number of aryl methyl sites for hydroxylation is 2. The fraction of sp³-hybridized carbons (Fsp3) is 0.364. The predicted molar refractivity (Wildman–Crippen MR) is 114 cm³/mol. The van der Waals surface area contributed by atoms with Gasteiger partial charge in [0.25, 0.3) is 11.8 Å². The summed E-state index contributed by atoms with van der Waals surface area (Å²) in [4.78, 5) is 28.0. The molecule has 8 nitrogen and oxygen atoms in total. The lowest BCUT2D eigenvalue weighted by Gasteiger charge is -2.27. The molecule has 0 atom stereocenters. The first-order chi connectivity index (χ1) is 14.5. The number of carbonyl (C=O) groups excluding carboxylic acids is 2. The van der Waals surface area contributed by atoms with Crippen LogP contribution in [0.4, 0.5) is 5.69 Å². The molecule has 1 saturated heterocycles. The Kier molecular flexibility index (Phi) is 5.39. The van der Waals surface area contributed by atoms with Crippen LogP contribution in [0.15, 0.2) is 36.5 Å². The van der Waals surface area contributed by atoms with E-state index in [1.54, 1.807) is 11.7 Å². The van der Waals surface area contributed by atoms with Gasteiger partial charge in [-0.25, -0.2) is 4.68 Å². The Balaban J connectivity index is 1.61. The van der Waals surface area contributed by atoms with Gasteiger partial charge in [-0.15, -0.1) is 0 Å². The van der Waals surface area contributed by atoms with Crippen molar-refractivity contribution in [3.05, 3.63) is 59.2 Å². The number of hydrogen-bond acceptors (Lipinski definition) is 4. The van der Waals surface area contributed by atoms with Crippen molar-refractivity contribution in [2.75, 3.05) is 18.4 Å². The molecule has 0 spiro atoms. The Labute approximate surface area is 175 Å². The molecule has 1 fully saturated rings. The maximum absolute atomic E-state index is 13.1. The van der Waals surface area contributed by atoms with Crippen molar-refractivity contribution in [2.24, 2.45) is 7.05 Å². The third-order valence-electron chi connectivity index (χ3n) is 5.55. The summed E-state index contributed by atoms with van der Waals surface area (Å²) in [6, 6.07) is 9.68. The van der Waals surface area contributed by atoms with E-state index in [4.69, 9.17) is 0 Å². The van der Waals surface area contributed by atoms with Crippen molar-refractivity contribution in [2.45, 2.75) is 33.1 Å². The summed E-state index contributed by atoms with van der Waals surface area (Å²) in [5.41, 5.74) is 3.57. The highest BCUT2D eigenvalue weighted by Crippen LogP contribution is 2.23. The zero-order valence-corrected chi connectivity index (χ0v) is 17.6. The number of nitrogens with zero attached hydrogens (tertiary/aromatic N) is 5. The van der Waals surface area contributed by atoms with Gasteiger partial charge in [-0.3, -0.25) is 14.3 Å². The third kappa shape index (κ3) is 3.60. The van der Waals surface area contributed by atoms with Crippen molar-refractivity contribution in [3.8, 4) is 5.69 Å². The van der Waals surface area contributed by atoms with Crippen molar-refractivity contribution >= 4 is 17.5 Å². The van der Waals surface area contributed by atoms with E-state index < -0.39 is 0 Å². The summed E-state index contributed by atoms with van der Waals surface area (Å²) in [6.07, 6.45) is 4.68. The smallest absolute Gasteiger partial charge is 0.274 e. The highest BCUT2D eigenvalue weighted by molar-refractivity contribution is 6.09. The average molecular weight is 406 g/mol. The number of benzene rings is 1. The van der Waals surface area contributed by atoms with E-state index in [9.17, 15) is 9.59 Å². The minimum atomic E-state index is -0.298. The number of amides is 2. The Morgan fingerprint density at radius 3 is 2.43 bits per heavy atom. The van der Waals surface area contributed by atoms with Gasteiger partial charge in [0.2, 0.25) is 0 Å². The number of aromatic nitrogens is 4. The Morgan fingerprint density at radius 2 is 1.73 bits per heavy atom. The zero-order valence-electron chi connectivity index (χ0n) is 17.6. The van der Waals surface area contributed by atoms with E-state index >= 15 is 0 Å². The van der Waals surface area contributed by atoms with Crippen LogP contribution < -0.4 is 5.32 Å². The number of likely N-dealkylation sites (tertiary alicyclic amines) is 1. The predicted octanol–water partition coefficient (Wildman–Crippen LogP) is 3.10. The Hall–Kier alpha value is -3.42. The summed E-state index contributed by atoms with van der Waals surface area (Å²) < 4.78 is 3.28. The Bertz CT molecular complexity index is 1080. The van der Waals surface area contributed by atoms with Crippen molar-refractivity contribution < 1.29 is 9.59 Å². The maximum atomic E-state index is 13.1. The quantitative estimate of drug-likeness (QED) is 0.721. The first-order valence-electron chi connectivity index (χ1n) is 10.2. The van der Waals surface area contributed by atoms with Crippen LogP contribution in [0, 0.1) is 13.8 Å². The van der Waals surface area contributed by atoms with E-state index in [0.717, 1.165) is 43.7 Å². The largest absolute Gasteiger partial charge is 0.337 e. The number of para-hydroxylation sites is 1. The van der Waals surface area contributed by atoms with Gasteiger partial charge >= 0.3 is 0 Å². The monoisotopic (exact) mass is 406 g/mol. The SMILES string of the molecule is Cc1nn(-c2ccccc2)c(C)c1C(=O)Nc1cnn(C)c1C(=O)N1CCCCC1. The van der Waals surface area contributed by atoms with Crippen LogP contribution in [0.3, 0.4) is 0 Å². The molecule has 2 amide bonds. The molecule has 0 radical (unpaired) electrons. The van der Waals surface area contributed by atoms with Gasteiger partial charge in [-0.05, 0) is 45.2 Å².